The first kappa shape index (κ1) is 15.7. The van der Waals surface area contributed by atoms with E-state index in [1.807, 2.05) is 36.5 Å². The van der Waals surface area contributed by atoms with Crippen LogP contribution in [-0.4, -0.2) is 46.5 Å². The smallest absolute Gasteiger partial charge is 0.328 e. The number of carbonyl (C=O) groups excluding carboxylic acids is 1. The molecule has 22 heavy (non-hydrogen) atoms. The first-order valence-corrected chi connectivity index (χ1v) is 6.70. The Hall–Kier alpha value is -2.67. The molecule has 2 rings (SSSR count). The van der Waals surface area contributed by atoms with E-state index in [1.165, 1.54) is 7.11 Å². The van der Waals surface area contributed by atoms with Crippen molar-refractivity contribution >= 4 is 11.9 Å². The quantitative estimate of drug-likeness (QED) is 0.782. The first-order valence-electron chi connectivity index (χ1n) is 6.70. The number of carboxylic acid groups (broad SMARTS) is 1. The van der Waals surface area contributed by atoms with Crippen molar-refractivity contribution in [3.63, 3.8) is 0 Å². The maximum Gasteiger partial charge on any atom is 0.328 e. The van der Waals surface area contributed by atoms with Gasteiger partial charge in [-0.1, -0.05) is 12.1 Å². The highest BCUT2D eigenvalue weighted by Gasteiger charge is 2.19. The van der Waals surface area contributed by atoms with Gasteiger partial charge in [-0.3, -0.25) is 4.79 Å². The van der Waals surface area contributed by atoms with Gasteiger partial charge in [0.25, 0.3) is 0 Å². The lowest BCUT2D eigenvalue weighted by molar-refractivity contribution is -0.143. The van der Waals surface area contributed by atoms with Gasteiger partial charge in [0, 0.05) is 19.5 Å². The molecule has 7 nitrogen and oxygen atoms in total. The van der Waals surface area contributed by atoms with Gasteiger partial charge in [0.15, 0.2) is 6.04 Å². The molecule has 0 aliphatic rings. The topological polar surface area (TPSA) is 93.5 Å². The highest BCUT2D eigenvalue weighted by Crippen LogP contribution is 2.09. The van der Waals surface area contributed by atoms with Crippen molar-refractivity contribution < 1.29 is 19.4 Å². The lowest BCUT2D eigenvalue weighted by Crippen LogP contribution is -2.44. The van der Waals surface area contributed by atoms with Gasteiger partial charge in [-0.15, -0.1) is 0 Å². The number of rotatable bonds is 7. The second-order valence-corrected chi connectivity index (χ2v) is 4.71. The molecule has 1 aromatic carbocycles. The molecule has 7 heteroatoms. The van der Waals surface area contributed by atoms with Crippen LogP contribution in [0.25, 0.3) is 5.69 Å². The lowest BCUT2D eigenvalue weighted by Gasteiger charge is -2.13. The van der Waals surface area contributed by atoms with Gasteiger partial charge < -0.3 is 15.2 Å². The van der Waals surface area contributed by atoms with Crippen LogP contribution in [-0.2, 0) is 20.7 Å². The molecule has 0 aliphatic heterocycles. The third kappa shape index (κ3) is 4.16. The number of hydrogen-bond donors (Lipinski definition) is 2. The van der Waals surface area contributed by atoms with Crippen molar-refractivity contribution in [1.29, 1.82) is 0 Å². The Bertz CT molecular complexity index is 623. The summed E-state index contributed by atoms with van der Waals surface area (Å²) < 4.78 is 6.48. The van der Waals surface area contributed by atoms with E-state index in [2.05, 4.69) is 10.4 Å². The van der Waals surface area contributed by atoms with Gasteiger partial charge in [-0.05, 0) is 23.8 Å². The number of aromatic nitrogens is 2. The van der Waals surface area contributed by atoms with E-state index in [0.29, 0.717) is 0 Å². The number of benzene rings is 1. The summed E-state index contributed by atoms with van der Waals surface area (Å²) in [5.41, 5.74) is 1.67. The molecule has 0 aliphatic carbocycles. The monoisotopic (exact) mass is 303 g/mol. The molecule has 0 saturated carbocycles. The molecule has 1 amide bonds. The zero-order valence-corrected chi connectivity index (χ0v) is 12.1. The van der Waals surface area contributed by atoms with Crippen LogP contribution >= 0.6 is 0 Å². The molecule has 0 spiro atoms. The number of nitrogens with zero attached hydrogens (tertiary/aromatic N) is 2. The van der Waals surface area contributed by atoms with E-state index in [4.69, 9.17) is 9.84 Å². The molecule has 0 bridgehead atoms. The van der Waals surface area contributed by atoms with Crippen molar-refractivity contribution in [1.82, 2.24) is 15.1 Å². The van der Waals surface area contributed by atoms with E-state index in [1.54, 1.807) is 10.9 Å². The van der Waals surface area contributed by atoms with E-state index < -0.39 is 12.0 Å². The minimum atomic E-state index is -1.12. The summed E-state index contributed by atoms with van der Waals surface area (Å²) in [4.78, 5) is 22.8. The normalized spacial score (nSPS) is 11.9. The number of nitrogens with one attached hydrogen (secondary N) is 1. The SMILES string of the molecule is COCC(NC(=O)Cc1ccc(-n2cccn2)cc1)C(=O)O. The summed E-state index contributed by atoms with van der Waals surface area (Å²) in [5.74, 6) is -1.49. The fourth-order valence-electron chi connectivity index (χ4n) is 1.96. The van der Waals surface area contributed by atoms with Gasteiger partial charge in [0.2, 0.25) is 5.91 Å². The fourth-order valence-corrected chi connectivity index (χ4v) is 1.96. The number of aliphatic carboxylic acids is 1. The van der Waals surface area contributed by atoms with Crippen molar-refractivity contribution in [3.8, 4) is 5.69 Å². The van der Waals surface area contributed by atoms with Crippen molar-refractivity contribution in [2.45, 2.75) is 12.5 Å². The molecule has 116 valence electrons. The molecular weight excluding hydrogens is 286 g/mol. The molecule has 0 saturated heterocycles. The summed E-state index contributed by atoms with van der Waals surface area (Å²) in [7, 11) is 1.39. The summed E-state index contributed by atoms with van der Waals surface area (Å²) >= 11 is 0. The Morgan fingerprint density at radius 3 is 2.64 bits per heavy atom. The van der Waals surface area contributed by atoms with E-state index in [-0.39, 0.29) is 18.9 Å². The number of hydrogen-bond acceptors (Lipinski definition) is 4. The third-order valence-electron chi connectivity index (χ3n) is 3.04. The first-order chi connectivity index (χ1) is 10.6. The van der Waals surface area contributed by atoms with Crippen LogP contribution in [0.2, 0.25) is 0 Å². The molecule has 0 radical (unpaired) electrons. The van der Waals surface area contributed by atoms with Crippen molar-refractivity contribution in [3.05, 3.63) is 48.3 Å². The van der Waals surface area contributed by atoms with E-state index in [0.717, 1.165) is 11.3 Å². The van der Waals surface area contributed by atoms with E-state index >= 15 is 0 Å². The van der Waals surface area contributed by atoms with Crippen LogP contribution in [0.15, 0.2) is 42.7 Å². The minimum absolute atomic E-state index is 0.0701. The second-order valence-electron chi connectivity index (χ2n) is 4.71. The standard InChI is InChI=1S/C15H17N3O4/c1-22-10-13(15(20)21)17-14(19)9-11-3-5-12(6-4-11)18-8-2-7-16-18/h2-8,13H,9-10H2,1H3,(H,17,19)(H,20,21). The molecular formula is C15H17N3O4. The molecule has 0 fully saturated rings. The highest BCUT2D eigenvalue weighted by atomic mass is 16.5. The van der Waals surface area contributed by atoms with Crippen LogP contribution in [0.5, 0.6) is 0 Å². The van der Waals surface area contributed by atoms with Crippen molar-refractivity contribution in [2.75, 3.05) is 13.7 Å². The van der Waals surface area contributed by atoms with Crippen LogP contribution in [0.3, 0.4) is 0 Å². The van der Waals surface area contributed by atoms with Gasteiger partial charge in [0.05, 0.1) is 18.7 Å². The van der Waals surface area contributed by atoms with Crippen LogP contribution in [0, 0.1) is 0 Å². The third-order valence-corrected chi connectivity index (χ3v) is 3.04. The number of carbonyl (C=O) groups is 2. The molecule has 1 unspecified atom stereocenters. The molecule has 1 heterocycles. The lowest BCUT2D eigenvalue weighted by atomic mass is 10.1. The van der Waals surface area contributed by atoms with Gasteiger partial charge in [-0.2, -0.15) is 5.10 Å². The molecule has 2 N–H and O–H groups in total. The second kappa shape index (κ2) is 7.37. The number of amides is 1. The molecule has 2 aromatic rings. The average molecular weight is 303 g/mol. The Morgan fingerprint density at radius 1 is 1.36 bits per heavy atom. The summed E-state index contributed by atoms with van der Waals surface area (Å²) in [6.07, 6.45) is 3.61. The van der Waals surface area contributed by atoms with Gasteiger partial charge in [-0.25, -0.2) is 9.48 Å². The van der Waals surface area contributed by atoms with Gasteiger partial charge in [0.1, 0.15) is 0 Å². The number of methoxy groups -OCH3 is 1. The Kier molecular flexibility index (Phi) is 5.26. The highest BCUT2D eigenvalue weighted by molar-refractivity contribution is 5.84. The maximum absolute atomic E-state index is 11.9. The zero-order valence-electron chi connectivity index (χ0n) is 12.1. The van der Waals surface area contributed by atoms with Crippen LogP contribution in [0.4, 0.5) is 0 Å². The zero-order chi connectivity index (χ0) is 15.9. The largest absolute Gasteiger partial charge is 0.480 e. The summed E-state index contributed by atoms with van der Waals surface area (Å²) in [6.45, 7) is -0.0701. The average Bonchev–Trinajstić information content (AvgIpc) is 3.01. The van der Waals surface area contributed by atoms with Crippen LogP contribution < -0.4 is 5.32 Å². The van der Waals surface area contributed by atoms with Crippen LogP contribution in [0.1, 0.15) is 5.56 Å². The Labute approximate surface area is 127 Å². The molecule has 1 aromatic heterocycles. The maximum atomic E-state index is 11.9. The Balaban J connectivity index is 1.95. The predicted octanol–water partition coefficient (Wildman–Crippen LogP) is 0.631. The number of carboxylic acids is 1. The van der Waals surface area contributed by atoms with Crippen molar-refractivity contribution in [2.24, 2.45) is 0 Å². The summed E-state index contributed by atoms with van der Waals surface area (Å²) in [6, 6.07) is 8.09. The Morgan fingerprint density at radius 2 is 2.09 bits per heavy atom. The number of ether oxygens (including phenoxy) is 1. The summed E-state index contributed by atoms with van der Waals surface area (Å²) in [5, 5.41) is 15.5. The molecule has 1 atom stereocenters. The fraction of sp³-hybridized carbons (Fsp3) is 0.267. The van der Waals surface area contributed by atoms with Gasteiger partial charge >= 0.3 is 5.97 Å². The minimum Gasteiger partial charge on any atom is -0.480 e. The predicted molar refractivity (Wildman–Crippen MR) is 78.7 cm³/mol. The van der Waals surface area contributed by atoms with E-state index in [9.17, 15) is 9.59 Å².